The van der Waals surface area contributed by atoms with Crippen LogP contribution >= 0.6 is 0 Å². The Morgan fingerprint density at radius 3 is 2.17 bits per heavy atom. The molecule has 0 aromatic carbocycles. The fourth-order valence-electron chi connectivity index (χ4n) is 0.780. The average Bonchev–Trinajstić information content (AvgIpc) is 2.03. The van der Waals surface area contributed by atoms with Gasteiger partial charge in [0.25, 0.3) is 0 Å². The zero-order chi connectivity index (χ0) is 9.56. The van der Waals surface area contributed by atoms with Gasteiger partial charge in [0.05, 0.1) is 5.70 Å². The van der Waals surface area contributed by atoms with E-state index in [0.717, 1.165) is 16.8 Å². The first kappa shape index (κ1) is 10.9. The fraction of sp³-hybridized carbons (Fsp3) is 0.364. The van der Waals surface area contributed by atoms with Crippen molar-refractivity contribution in [2.75, 3.05) is 0 Å². The highest BCUT2D eigenvalue weighted by Crippen LogP contribution is 2.14. The largest absolute Gasteiger partial charge is 0.261 e. The number of allylic oxidation sites excluding steroid dienone is 4. The lowest BCUT2D eigenvalue weighted by Crippen LogP contribution is -1.83. The lowest BCUT2D eigenvalue weighted by atomic mass is 10.1. The third-order valence-corrected chi connectivity index (χ3v) is 1.62. The highest BCUT2D eigenvalue weighted by atomic mass is 14.7. The van der Waals surface area contributed by atoms with Crippen molar-refractivity contribution in [2.45, 2.75) is 27.7 Å². The summed E-state index contributed by atoms with van der Waals surface area (Å²) in [6.07, 6.45) is 5.76. The Morgan fingerprint density at radius 1 is 1.25 bits per heavy atom. The molecule has 0 saturated carbocycles. The van der Waals surface area contributed by atoms with Crippen molar-refractivity contribution in [1.29, 1.82) is 0 Å². The van der Waals surface area contributed by atoms with E-state index in [-0.39, 0.29) is 0 Å². The van der Waals surface area contributed by atoms with Gasteiger partial charge in [-0.2, -0.15) is 0 Å². The van der Waals surface area contributed by atoms with Crippen LogP contribution in [0.1, 0.15) is 27.7 Å². The van der Waals surface area contributed by atoms with E-state index in [9.17, 15) is 0 Å². The first-order valence-corrected chi connectivity index (χ1v) is 4.11. The van der Waals surface area contributed by atoms with E-state index in [1.54, 1.807) is 6.21 Å². The molecule has 0 aliphatic carbocycles. The van der Waals surface area contributed by atoms with Gasteiger partial charge < -0.3 is 0 Å². The number of hydrogen-bond acceptors (Lipinski definition) is 1. The lowest BCUT2D eigenvalue weighted by Gasteiger charge is -2.02. The molecule has 0 bridgehead atoms. The molecular weight excluding hydrogens is 146 g/mol. The fourth-order valence-corrected chi connectivity index (χ4v) is 0.780. The minimum Gasteiger partial charge on any atom is -0.261 e. The molecule has 0 spiro atoms. The Labute approximate surface area is 75.2 Å². The van der Waals surface area contributed by atoms with Crippen LogP contribution in [0.5, 0.6) is 0 Å². The van der Waals surface area contributed by atoms with Crippen LogP contribution in [0.15, 0.2) is 40.6 Å². The van der Waals surface area contributed by atoms with Gasteiger partial charge in [-0.15, -0.1) is 0 Å². The predicted octanol–water partition coefficient (Wildman–Crippen LogP) is 3.50. The summed E-state index contributed by atoms with van der Waals surface area (Å²) in [5.74, 6) is 0. The van der Waals surface area contributed by atoms with Gasteiger partial charge in [0, 0.05) is 6.21 Å². The molecular formula is C11H17N. The van der Waals surface area contributed by atoms with Crippen LogP contribution in [0.2, 0.25) is 0 Å². The van der Waals surface area contributed by atoms with Crippen LogP contribution in [0, 0.1) is 0 Å². The van der Waals surface area contributed by atoms with Gasteiger partial charge in [-0.3, -0.25) is 4.99 Å². The monoisotopic (exact) mass is 163 g/mol. The van der Waals surface area contributed by atoms with Crippen molar-refractivity contribution in [3.63, 3.8) is 0 Å². The van der Waals surface area contributed by atoms with Crippen molar-refractivity contribution < 1.29 is 0 Å². The number of nitrogens with zero attached hydrogens (tertiary/aromatic N) is 1. The van der Waals surface area contributed by atoms with Gasteiger partial charge in [0.1, 0.15) is 0 Å². The molecule has 0 amide bonds. The highest BCUT2D eigenvalue weighted by Gasteiger charge is 1.95. The standard InChI is InChI=1S/C11H17N/c1-6-8-11(12-7-2)10(5)9(3)4/h6-8H,3H2,1-2,4-5H3/b8-6-,11-10-,12-7-. The van der Waals surface area contributed by atoms with Gasteiger partial charge in [-0.1, -0.05) is 18.2 Å². The zero-order valence-electron chi connectivity index (χ0n) is 8.39. The highest BCUT2D eigenvalue weighted by molar-refractivity contribution is 5.57. The molecule has 0 heterocycles. The molecule has 0 N–H and O–H groups in total. The quantitative estimate of drug-likeness (QED) is 0.446. The van der Waals surface area contributed by atoms with Crippen molar-refractivity contribution in [3.05, 3.63) is 35.6 Å². The van der Waals surface area contributed by atoms with Crippen LogP contribution in [0.4, 0.5) is 0 Å². The van der Waals surface area contributed by atoms with Gasteiger partial charge in [-0.25, -0.2) is 0 Å². The molecule has 0 rings (SSSR count). The van der Waals surface area contributed by atoms with Gasteiger partial charge in [0.2, 0.25) is 0 Å². The average molecular weight is 163 g/mol. The summed E-state index contributed by atoms with van der Waals surface area (Å²) in [6, 6.07) is 0. The molecule has 0 aromatic heterocycles. The van der Waals surface area contributed by atoms with Crippen LogP contribution in [-0.4, -0.2) is 6.21 Å². The maximum absolute atomic E-state index is 4.24. The molecule has 0 aliphatic rings. The maximum Gasteiger partial charge on any atom is 0.0653 e. The molecule has 0 saturated heterocycles. The second kappa shape index (κ2) is 5.53. The molecule has 0 radical (unpaired) electrons. The normalized spacial score (nSPS) is 14.0. The number of rotatable bonds is 3. The Bertz CT molecular complexity index is 228. The first-order chi connectivity index (χ1) is 5.63. The Balaban J connectivity index is 4.92. The Hall–Kier alpha value is -1.11. The van der Waals surface area contributed by atoms with E-state index in [1.165, 1.54) is 0 Å². The van der Waals surface area contributed by atoms with Crippen LogP contribution in [0.3, 0.4) is 0 Å². The minimum absolute atomic E-state index is 0.993. The van der Waals surface area contributed by atoms with Crippen LogP contribution in [-0.2, 0) is 0 Å². The topological polar surface area (TPSA) is 12.4 Å². The molecule has 0 aromatic rings. The molecule has 0 unspecified atom stereocenters. The van der Waals surface area contributed by atoms with Crippen molar-refractivity contribution in [3.8, 4) is 0 Å². The van der Waals surface area contributed by atoms with E-state index in [1.807, 2.05) is 39.8 Å². The van der Waals surface area contributed by atoms with Gasteiger partial charge in [0.15, 0.2) is 0 Å². The SMILES string of the molecule is C=C(C)/C(C)=C(/C=C\C)\N=C/C. The molecule has 1 nitrogen and oxygen atoms in total. The number of hydrogen-bond donors (Lipinski definition) is 0. The van der Waals surface area contributed by atoms with E-state index in [4.69, 9.17) is 0 Å². The summed E-state index contributed by atoms with van der Waals surface area (Å²) >= 11 is 0. The summed E-state index contributed by atoms with van der Waals surface area (Å²) in [7, 11) is 0. The van der Waals surface area contributed by atoms with Gasteiger partial charge in [-0.05, 0) is 39.3 Å². The van der Waals surface area contributed by atoms with Crippen molar-refractivity contribution in [1.82, 2.24) is 0 Å². The van der Waals surface area contributed by atoms with E-state index >= 15 is 0 Å². The molecule has 1 heteroatoms. The molecule has 12 heavy (non-hydrogen) atoms. The van der Waals surface area contributed by atoms with E-state index < -0.39 is 0 Å². The third-order valence-electron chi connectivity index (χ3n) is 1.62. The lowest BCUT2D eigenvalue weighted by molar-refractivity contribution is 1.25. The Kier molecular flexibility index (Phi) is 5.02. The summed E-state index contributed by atoms with van der Waals surface area (Å²) in [4.78, 5) is 4.24. The second-order valence-corrected chi connectivity index (χ2v) is 2.68. The summed E-state index contributed by atoms with van der Waals surface area (Å²) < 4.78 is 0. The van der Waals surface area contributed by atoms with E-state index in [0.29, 0.717) is 0 Å². The van der Waals surface area contributed by atoms with Crippen LogP contribution in [0.25, 0.3) is 0 Å². The third kappa shape index (κ3) is 3.33. The summed E-state index contributed by atoms with van der Waals surface area (Å²) in [5, 5.41) is 0. The summed E-state index contributed by atoms with van der Waals surface area (Å²) in [5.41, 5.74) is 3.20. The molecule has 66 valence electrons. The molecule has 0 fully saturated rings. The zero-order valence-corrected chi connectivity index (χ0v) is 8.39. The van der Waals surface area contributed by atoms with Gasteiger partial charge >= 0.3 is 0 Å². The number of aliphatic imine (C=N–C) groups is 1. The minimum atomic E-state index is 0.993. The van der Waals surface area contributed by atoms with Crippen molar-refractivity contribution >= 4 is 6.21 Å². The predicted molar refractivity (Wildman–Crippen MR) is 56.5 cm³/mol. The van der Waals surface area contributed by atoms with Crippen LogP contribution < -0.4 is 0 Å². The van der Waals surface area contributed by atoms with Crippen molar-refractivity contribution in [2.24, 2.45) is 4.99 Å². The van der Waals surface area contributed by atoms with E-state index in [2.05, 4.69) is 11.6 Å². The second-order valence-electron chi connectivity index (χ2n) is 2.68. The molecule has 0 atom stereocenters. The maximum atomic E-state index is 4.24. The Morgan fingerprint density at radius 2 is 1.83 bits per heavy atom. The smallest absolute Gasteiger partial charge is 0.0653 e. The first-order valence-electron chi connectivity index (χ1n) is 4.11. The summed E-state index contributed by atoms with van der Waals surface area (Å²) in [6.45, 7) is 11.8. The molecule has 0 aliphatic heterocycles.